The van der Waals surface area contributed by atoms with Gasteiger partial charge in [-0.3, -0.25) is 9.59 Å². The van der Waals surface area contributed by atoms with Gasteiger partial charge in [-0.15, -0.1) is 12.4 Å². The third-order valence-corrected chi connectivity index (χ3v) is 5.10. The molecule has 2 heterocycles. The molecule has 0 aromatic heterocycles. The number of hydrogen-bond acceptors (Lipinski definition) is 4. The molecule has 2 N–H and O–H groups in total. The number of aryl methyl sites for hydroxylation is 1. The summed E-state index contributed by atoms with van der Waals surface area (Å²) in [4.78, 5) is 26.6. The number of piperidine rings is 1. The van der Waals surface area contributed by atoms with Crippen LogP contribution in [0.1, 0.15) is 24.0 Å². The summed E-state index contributed by atoms with van der Waals surface area (Å²) < 4.78 is 18.9. The smallest absolute Gasteiger partial charge is 0.242 e. The third-order valence-electron chi connectivity index (χ3n) is 5.10. The molecule has 3 rings (SSSR count). The van der Waals surface area contributed by atoms with E-state index < -0.39 is 0 Å². The van der Waals surface area contributed by atoms with Crippen molar-refractivity contribution in [1.29, 1.82) is 0 Å². The van der Waals surface area contributed by atoms with Gasteiger partial charge in [-0.2, -0.15) is 0 Å². The number of rotatable bonds is 4. The predicted molar refractivity (Wildman–Crippen MR) is 102 cm³/mol. The van der Waals surface area contributed by atoms with Crippen LogP contribution in [0.4, 0.5) is 4.39 Å². The van der Waals surface area contributed by atoms with Crippen LogP contribution in [0.3, 0.4) is 0 Å². The van der Waals surface area contributed by atoms with Crippen molar-refractivity contribution >= 4 is 24.2 Å². The zero-order chi connectivity index (χ0) is 18.5. The topological polar surface area (TPSA) is 70.7 Å². The van der Waals surface area contributed by atoms with Crippen LogP contribution in [0.2, 0.25) is 0 Å². The summed E-state index contributed by atoms with van der Waals surface area (Å²) >= 11 is 0. The van der Waals surface area contributed by atoms with E-state index in [1.54, 1.807) is 13.0 Å². The van der Waals surface area contributed by atoms with Crippen LogP contribution in [-0.2, 0) is 20.9 Å². The summed E-state index contributed by atoms with van der Waals surface area (Å²) in [5.74, 6) is -0.343. The molecule has 2 fully saturated rings. The highest BCUT2D eigenvalue weighted by Gasteiger charge is 2.31. The van der Waals surface area contributed by atoms with Gasteiger partial charge in [0.2, 0.25) is 11.8 Å². The molecule has 1 aromatic rings. The van der Waals surface area contributed by atoms with Gasteiger partial charge in [0.25, 0.3) is 0 Å². The maximum Gasteiger partial charge on any atom is 0.242 e. The lowest BCUT2D eigenvalue weighted by Crippen LogP contribution is -2.54. The van der Waals surface area contributed by atoms with Gasteiger partial charge in [-0.1, -0.05) is 12.1 Å². The summed E-state index contributed by atoms with van der Waals surface area (Å²) in [6.45, 7) is 4.92. The Bertz CT molecular complexity index is 660. The second-order valence-corrected chi connectivity index (χ2v) is 6.98. The molecular weight excluding hydrogens is 373 g/mol. The van der Waals surface area contributed by atoms with Gasteiger partial charge in [0, 0.05) is 32.1 Å². The van der Waals surface area contributed by atoms with Gasteiger partial charge in [-0.05, 0) is 37.0 Å². The largest absolute Gasteiger partial charge is 0.378 e. The van der Waals surface area contributed by atoms with Crippen LogP contribution in [-0.4, -0.2) is 55.6 Å². The summed E-state index contributed by atoms with van der Waals surface area (Å²) in [7, 11) is 0. The monoisotopic (exact) mass is 399 g/mol. The average Bonchev–Trinajstić information content (AvgIpc) is 2.69. The number of nitrogens with one attached hydrogen (secondary N) is 2. The van der Waals surface area contributed by atoms with Crippen molar-refractivity contribution in [1.82, 2.24) is 15.5 Å². The first-order chi connectivity index (χ1) is 12.5. The van der Waals surface area contributed by atoms with Crippen LogP contribution in [0, 0.1) is 18.7 Å². The van der Waals surface area contributed by atoms with E-state index in [1.807, 2.05) is 11.0 Å². The van der Waals surface area contributed by atoms with Gasteiger partial charge in [-0.25, -0.2) is 4.39 Å². The fraction of sp³-hybridized carbons (Fsp3) is 0.579. The summed E-state index contributed by atoms with van der Waals surface area (Å²) in [6.07, 6.45) is 1.29. The Morgan fingerprint density at radius 3 is 2.70 bits per heavy atom. The van der Waals surface area contributed by atoms with Crippen LogP contribution < -0.4 is 10.6 Å². The SMILES string of the molecule is Cc1ccc(CNC(=O)C2CCN(C(=O)C3COCCN3)CC2)cc1F.Cl. The highest BCUT2D eigenvalue weighted by atomic mass is 35.5. The molecule has 0 bridgehead atoms. The van der Waals surface area contributed by atoms with Crippen LogP contribution in [0.15, 0.2) is 18.2 Å². The number of amides is 2. The normalized spacial score (nSPS) is 20.7. The molecule has 0 saturated carbocycles. The first-order valence-corrected chi connectivity index (χ1v) is 9.17. The number of likely N-dealkylation sites (tertiary alicyclic amines) is 1. The maximum absolute atomic E-state index is 13.6. The molecule has 2 aliphatic rings. The molecule has 6 nitrogen and oxygen atoms in total. The van der Waals surface area contributed by atoms with E-state index in [0.717, 1.165) is 5.56 Å². The molecule has 1 unspecified atom stereocenters. The maximum atomic E-state index is 13.6. The van der Waals surface area contributed by atoms with Gasteiger partial charge >= 0.3 is 0 Å². The molecule has 2 aliphatic heterocycles. The van der Waals surface area contributed by atoms with Crippen molar-refractivity contribution in [2.24, 2.45) is 5.92 Å². The van der Waals surface area contributed by atoms with Gasteiger partial charge in [0.15, 0.2) is 0 Å². The van der Waals surface area contributed by atoms with E-state index in [4.69, 9.17) is 4.74 Å². The number of morpholine rings is 1. The fourth-order valence-electron chi connectivity index (χ4n) is 3.39. The van der Waals surface area contributed by atoms with Gasteiger partial charge in [0.05, 0.1) is 13.2 Å². The van der Waals surface area contributed by atoms with Crippen molar-refractivity contribution in [3.05, 3.63) is 35.1 Å². The zero-order valence-electron chi connectivity index (χ0n) is 15.5. The Balaban J connectivity index is 0.00000261. The minimum atomic E-state index is -0.273. The summed E-state index contributed by atoms with van der Waals surface area (Å²) in [6, 6.07) is 4.71. The molecule has 2 amide bonds. The van der Waals surface area contributed by atoms with E-state index in [-0.39, 0.29) is 42.0 Å². The first kappa shape index (κ1) is 21.6. The fourth-order valence-corrected chi connectivity index (χ4v) is 3.39. The van der Waals surface area contributed by atoms with Crippen molar-refractivity contribution < 1.29 is 18.7 Å². The van der Waals surface area contributed by atoms with Crippen molar-refractivity contribution in [3.8, 4) is 0 Å². The molecule has 0 radical (unpaired) electrons. The Labute approximate surface area is 165 Å². The summed E-state index contributed by atoms with van der Waals surface area (Å²) in [5.41, 5.74) is 1.34. The molecule has 8 heteroatoms. The van der Waals surface area contributed by atoms with Gasteiger partial charge < -0.3 is 20.3 Å². The first-order valence-electron chi connectivity index (χ1n) is 9.17. The third kappa shape index (κ3) is 5.64. The lowest BCUT2D eigenvalue weighted by atomic mass is 9.95. The lowest BCUT2D eigenvalue weighted by Gasteiger charge is -2.35. The highest BCUT2D eigenvalue weighted by Crippen LogP contribution is 2.19. The average molecular weight is 400 g/mol. The number of nitrogens with zero attached hydrogens (tertiary/aromatic N) is 1. The van der Waals surface area contributed by atoms with E-state index >= 15 is 0 Å². The minimum absolute atomic E-state index is 0. The molecular formula is C19H27ClFN3O3. The molecule has 0 spiro atoms. The van der Waals surface area contributed by atoms with E-state index in [0.29, 0.717) is 57.8 Å². The quantitative estimate of drug-likeness (QED) is 0.803. The second kappa shape index (κ2) is 10.0. The standard InChI is InChI=1S/C19H26FN3O3.ClH/c1-13-2-3-14(10-16(13)20)11-22-18(24)15-4-7-23(8-5-15)19(25)17-12-26-9-6-21-17;/h2-3,10,15,17,21H,4-9,11-12H2,1H3,(H,22,24);1H. The van der Waals surface area contributed by atoms with E-state index in [2.05, 4.69) is 10.6 Å². The van der Waals surface area contributed by atoms with E-state index in [1.165, 1.54) is 6.07 Å². The molecule has 1 aromatic carbocycles. The van der Waals surface area contributed by atoms with Crippen LogP contribution in [0.5, 0.6) is 0 Å². The van der Waals surface area contributed by atoms with Crippen molar-refractivity contribution in [3.63, 3.8) is 0 Å². The number of carbonyl (C=O) groups excluding carboxylic acids is 2. The highest BCUT2D eigenvalue weighted by molar-refractivity contribution is 5.85. The Morgan fingerprint density at radius 2 is 2.07 bits per heavy atom. The summed E-state index contributed by atoms with van der Waals surface area (Å²) in [5, 5.41) is 6.05. The molecule has 0 aliphatic carbocycles. The zero-order valence-corrected chi connectivity index (χ0v) is 16.3. The Hall–Kier alpha value is -1.70. The lowest BCUT2D eigenvalue weighted by molar-refractivity contribution is -0.139. The molecule has 150 valence electrons. The minimum Gasteiger partial charge on any atom is -0.378 e. The number of benzene rings is 1. The Kier molecular flexibility index (Phi) is 8.01. The van der Waals surface area contributed by atoms with Crippen molar-refractivity contribution in [2.45, 2.75) is 32.4 Å². The number of hydrogen-bond donors (Lipinski definition) is 2. The number of halogens is 2. The Morgan fingerprint density at radius 1 is 1.33 bits per heavy atom. The van der Waals surface area contributed by atoms with Crippen LogP contribution in [0.25, 0.3) is 0 Å². The predicted octanol–water partition coefficient (Wildman–Crippen LogP) is 1.40. The molecule has 1 atom stereocenters. The van der Waals surface area contributed by atoms with Crippen LogP contribution >= 0.6 is 12.4 Å². The molecule has 2 saturated heterocycles. The molecule has 27 heavy (non-hydrogen) atoms. The second-order valence-electron chi connectivity index (χ2n) is 6.98. The van der Waals surface area contributed by atoms with E-state index in [9.17, 15) is 14.0 Å². The van der Waals surface area contributed by atoms with Gasteiger partial charge in [0.1, 0.15) is 11.9 Å². The number of carbonyl (C=O) groups is 2. The number of ether oxygens (including phenoxy) is 1. The van der Waals surface area contributed by atoms with Crippen molar-refractivity contribution in [2.75, 3.05) is 32.8 Å².